The zero-order valence-corrected chi connectivity index (χ0v) is 13.1. The highest BCUT2D eigenvalue weighted by atomic mass is 79.9. The molecule has 1 amide bonds. The van der Waals surface area contributed by atoms with Crippen LogP contribution >= 0.6 is 27.5 Å². The van der Waals surface area contributed by atoms with E-state index in [2.05, 4.69) is 20.7 Å². The lowest BCUT2D eigenvalue weighted by atomic mass is 10.1. The highest BCUT2D eigenvalue weighted by Gasteiger charge is 2.30. The van der Waals surface area contributed by atoms with Gasteiger partial charge >= 0.3 is 5.97 Å². The van der Waals surface area contributed by atoms with Crippen molar-refractivity contribution >= 4 is 39.4 Å². The van der Waals surface area contributed by atoms with Crippen LogP contribution < -0.4 is 0 Å². The van der Waals surface area contributed by atoms with Crippen molar-refractivity contribution in [3.63, 3.8) is 0 Å². The number of benzene rings is 1. The first-order chi connectivity index (χ1) is 9.51. The predicted octanol–water partition coefficient (Wildman–Crippen LogP) is 2.12. The molecule has 1 aliphatic heterocycles. The van der Waals surface area contributed by atoms with Gasteiger partial charge in [0.1, 0.15) is 0 Å². The summed E-state index contributed by atoms with van der Waals surface area (Å²) >= 11 is 9.23. The largest absolute Gasteiger partial charge is 0.467 e. The summed E-state index contributed by atoms with van der Waals surface area (Å²) in [7, 11) is 1.29. The highest BCUT2D eigenvalue weighted by Crippen LogP contribution is 2.21. The molecule has 1 aromatic carbocycles. The molecule has 0 bridgehead atoms. The molecule has 1 aromatic rings. The molecular formula is C13H13BrClNO4. The lowest BCUT2D eigenvalue weighted by molar-refractivity contribution is -0.158. The molecule has 1 fully saturated rings. The molecule has 2 rings (SSSR count). The molecular weight excluding hydrogens is 350 g/mol. The minimum absolute atomic E-state index is 0.176. The van der Waals surface area contributed by atoms with Crippen molar-refractivity contribution in [1.29, 1.82) is 0 Å². The number of morpholine rings is 1. The average molecular weight is 363 g/mol. The normalized spacial score (nSPS) is 18.8. The molecule has 0 spiro atoms. The number of hydrogen-bond donors (Lipinski definition) is 0. The van der Waals surface area contributed by atoms with Gasteiger partial charge in [-0.3, -0.25) is 4.79 Å². The van der Waals surface area contributed by atoms with E-state index in [0.29, 0.717) is 23.7 Å². The maximum absolute atomic E-state index is 12.4. The molecule has 0 saturated carbocycles. The van der Waals surface area contributed by atoms with Gasteiger partial charge in [-0.15, -0.1) is 0 Å². The van der Waals surface area contributed by atoms with E-state index in [4.69, 9.17) is 16.3 Å². The Balaban J connectivity index is 2.14. The predicted molar refractivity (Wildman–Crippen MR) is 76.8 cm³/mol. The molecule has 108 valence electrons. The van der Waals surface area contributed by atoms with Crippen LogP contribution in [0.1, 0.15) is 10.4 Å². The third-order valence-electron chi connectivity index (χ3n) is 2.93. The van der Waals surface area contributed by atoms with Gasteiger partial charge in [-0.2, -0.15) is 0 Å². The molecule has 7 heteroatoms. The molecule has 1 unspecified atom stereocenters. The van der Waals surface area contributed by atoms with Crippen LogP contribution in [0.15, 0.2) is 22.7 Å². The van der Waals surface area contributed by atoms with Crippen LogP contribution in [-0.4, -0.2) is 49.7 Å². The van der Waals surface area contributed by atoms with Gasteiger partial charge in [0.15, 0.2) is 6.10 Å². The second-order valence-electron chi connectivity index (χ2n) is 4.29. The zero-order chi connectivity index (χ0) is 14.7. The number of carbonyl (C=O) groups excluding carboxylic acids is 2. The van der Waals surface area contributed by atoms with Crippen molar-refractivity contribution in [3.8, 4) is 0 Å². The first kappa shape index (κ1) is 15.3. The maximum atomic E-state index is 12.4. The molecule has 0 aromatic heterocycles. The van der Waals surface area contributed by atoms with E-state index in [0.717, 1.165) is 4.47 Å². The van der Waals surface area contributed by atoms with Gasteiger partial charge in [-0.05, 0) is 18.2 Å². The van der Waals surface area contributed by atoms with E-state index >= 15 is 0 Å². The smallest absolute Gasteiger partial charge is 0.336 e. The first-order valence-electron chi connectivity index (χ1n) is 5.96. The molecule has 0 radical (unpaired) electrons. The van der Waals surface area contributed by atoms with Gasteiger partial charge in [0.25, 0.3) is 5.91 Å². The highest BCUT2D eigenvalue weighted by molar-refractivity contribution is 9.10. The van der Waals surface area contributed by atoms with Gasteiger partial charge in [0.05, 0.1) is 20.3 Å². The molecule has 0 aliphatic carbocycles. The summed E-state index contributed by atoms with van der Waals surface area (Å²) in [5, 5.41) is 0.473. The molecule has 20 heavy (non-hydrogen) atoms. The Morgan fingerprint density at radius 3 is 2.85 bits per heavy atom. The third kappa shape index (κ3) is 3.50. The van der Waals surface area contributed by atoms with Crippen LogP contribution in [0.2, 0.25) is 5.02 Å². The Kier molecular flexibility index (Phi) is 5.01. The quantitative estimate of drug-likeness (QED) is 0.756. The van der Waals surface area contributed by atoms with E-state index in [9.17, 15) is 9.59 Å². The van der Waals surface area contributed by atoms with Crippen LogP contribution in [0.3, 0.4) is 0 Å². The average Bonchev–Trinajstić information content (AvgIpc) is 2.44. The van der Waals surface area contributed by atoms with Gasteiger partial charge in [0.2, 0.25) is 0 Å². The topological polar surface area (TPSA) is 55.8 Å². The monoisotopic (exact) mass is 361 g/mol. The maximum Gasteiger partial charge on any atom is 0.336 e. The molecule has 1 atom stereocenters. The lowest BCUT2D eigenvalue weighted by Crippen LogP contribution is -2.48. The van der Waals surface area contributed by atoms with E-state index in [-0.39, 0.29) is 12.5 Å². The number of amides is 1. The van der Waals surface area contributed by atoms with Crippen molar-refractivity contribution in [2.45, 2.75) is 6.10 Å². The Bertz CT molecular complexity index is 517. The Hall–Kier alpha value is -1.11. The van der Waals surface area contributed by atoms with Crippen LogP contribution in [0.5, 0.6) is 0 Å². The number of nitrogens with zero attached hydrogens (tertiary/aromatic N) is 1. The SMILES string of the molecule is COC(=O)C1CN(C(=O)c2cc(Cl)cc(Br)c2)CCO1. The molecule has 1 saturated heterocycles. The number of ether oxygens (including phenoxy) is 2. The van der Waals surface area contributed by atoms with Crippen LogP contribution in [-0.2, 0) is 14.3 Å². The molecule has 1 aliphatic rings. The van der Waals surface area contributed by atoms with E-state index < -0.39 is 12.1 Å². The summed E-state index contributed by atoms with van der Waals surface area (Å²) in [5.74, 6) is -0.667. The fourth-order valence-electron chi connectivity index (χ4n) is 1.97. The van der Waals surface area contributed by atoms with E-state index in [1.807, 2.05) is 0 Å². The Morgan fingerprint density at radius 2 is 2.20 bits per heavy atom. The first-order valence-corrected chi connectivity index (χ1v) is 7.13. The Morgan fingerprint density at radius 1 is 1.45 bits per heavy atom. The van der Waals surface area contributed by atoms with Crippen molar-refractivity contribution in [2.24, 2.45) is 0 Å². The third-order valence-corrected chi connectivity index (χ3v) is 3.60. The lowest BCUT2D eigenvalue weighted by Gasteiger charge is -2.31. The fraction of sp³-hybridized carbons (Fsp3) is 0.385. The second kappa shape index (κ2) is 6.56. The summed E-state index contributed by atoms with van der Waals surface area (Å²) in [6.45, 7) is 0.902. The zero-order valence-electron chi connectivity index (χ0n) is 10.8. The van der Waals surface area contributed by atoms with Crippen LogP contribution in [0.4, 0.5) is 0 Å². The fourth-order valence-corrected chi connectivity index (χ4v) is 2.83. The second-order valence-corrected chi connectivity index (χ2v) is 5.64. The summed E-state index contributed by atoms with van der Waals surface area (Å²) in [5.41, 5.74) is 0.467. The summed E-state index contributed by atoms with van der Waals surface area (Å²) in [4.78, 5) is 25.4. The van der Waals surface area contributed by atoms with E-state index in [1.54, 1.807) is 23.1 Å². The molecule has 0 N–H and O–H groups in total. The van der Waals surface area contributed by atoms with Crippen molar-refractivity contribution in [1.82, 2.24) is 4.90 Å². The van der Waals surface area contributed by atoms with Crippen molar-refractivity contribution in [3.05, 3.63) is 33.3 Å². The number of esters is 1. The number of halogens is 2. The van der Waals surface area contributed by atoms with E-state index in [1.165, 1.54) is 7.11 Å². The summed E-state index contributed by atoms with van der Waals surface area (Å²) < 4.78 is 10.6. The Labute approximate surface area is 129 Å². The van der Waals surface area contributed by atoms with Crippen molar-refractivity contribution in [2.75, 3.05) is 26.8 Å². The minimum Gasteiger partial charge on any atom is -0.467 e. The van der Waals surface area contributed by atoms with Gasteiger partial charge < -0.3 is 14.4 Å². The van der Waals surface area contributed by atoms with Gasteiger partial charge in [-0.1, -0.05) is 27.5 Å². The molecule has 5 nitrogen and oxygen atoms in total. The minimum atomic E-state index is -0.736. The summed E-state index contributed by atoms with van der Waals surface area (Å²) in [6, 6.07) is 4.99. The standard InChI is InChI=1S/C13H13BrClNO4/c1-19-13(18)11-7-16(2-3-20-11)12(17)8-4-9(14)6-10(15)5-8/h4-6,11H,2-3,7H2,1H3. The number of carbonyl (C=O) groups is 2. The number of methoxy groups -OCH3 is 1. The number of rotatable bonds is 2. The number of hydrogen-bond acceptors (Lipinski definition) is 4. The van der Waals surface area contributed by atoms with Crippen molar-refractivity contribution < 1.29 is 19.1 Å². The molecule has 1 heterocycles. The van der Waals surface area contributed by atoms with Gasteiger partial charge in [0, 0.05) is 21.6 Å². The van der Waals surface area contributed by atoms with Gasteiger partial charge in [-0.25, -0.2) is 4.79 Å². The van der Waals surface area contributed by atoms with Crippen LogP contribution in [0, 0.1) is 0 Å². The van der Waals surface area contributed by atoms with Crippen LogP contribution in [0.25, 0.3) is 0 Å². The summed E-state index contributed by atoms with van der Waals surface area (Å²) in [6.07, 6.45) is -0.736.